The van der Waals surface area contributed by atoms with Gasteiger partial charge in [0, 0.05) is 50.6 Å². The van der Waals surface area contributed by atoms with Crippen molar-refractivity contribution in [2.45, 2.75) is 38.3 Å². The number of carbonyl (C=O) groups excluding carboxylic acids is 1. The van der Waals surface area contributed by atoms with E-state index in [0.29, 0.717) is 39.1 Å². The molecule has 1 atom stereocenters. The summed E-state index contributed by atoms with van der Waals surface area (Å²) in [6.07, 6.45) is 6.29. The minimum atomic E-state index is -0.190. The van der Waals surface area contributed by atoms with Gasteiger partial charge in [-0.2, -0.15) is 0 Å². The zero-order valence-electron chi connectivity index (χ0n) is 25.2. The van der Waals surface area contributed by atoms with Gasteiger partial charge in [-0.3, -0.25) is 9.69 Å². The second kappa shape index (κ2) is 13.8. The van der Waals surface area contributed by atoms with Crippen LogP contribution in [0.4, 0.5) is 5.95 Å². The molecule has 228 valence electrons. The largest absolute Gasteiger partial charge is 0.497 e. The van der Waals surface area contributed by atoms with Crippen LogP contribution < -0.4 is 19.9 Å². The van der Waals surface area contributed by atoms with Crippen molar-refractivity contribution in [1.82, 2.24) is 19.8 Å². The molecule has 3 aliphatic heterocycles. The quantitative estimate of drug-likeness (QED) is 0.339. The Morgan fingerprint density at radius 3 is 2.55 bits per heavy atom. The summed E-state index contributed by atoms with van der Waals surface area (Å²) in [6, 6.07) is 22.2. The van der Waals surface area contributed by atoms with Gasteiger partial charge in [0.1, 0.15) is 23.9 Å². The molecule has 1 amide bonds. The maximum Gasteiger partial charge on any atom is 0.223 e. The van der Waals surface area contributed by atoms with Crippen LogP contribution in [0.3, 0.4) is 0 Å². The molecule has 6 bridgehead atoms. The van der Waals surface area contributed by atoms with E-state index in [1.54, 1.807) is 19.5 Å². The molecule has 1 unspecified atom stereocenters. The van der Waals surface area contributed by atoms with Crippen molar-refractivity contribution < 1.29 is 19.0 Å². The standard InChI is InChI=1S/C35H39N5O4/c1-42-29-9-6-25(7-10-29)8-13-33(41)40-16-14-27-20-31-11-12-32(27)34(40)28-4-2-5-30(21-28)43-18-3-15-39(17-19-44-31)24-26-22-37-35(36)38-23-26/h2,4-7,9-12,20-23,34H,3,8,13-19,24H2,1H3,(H2,36,37,38). The van der Waals surface area contributed by atoms with Crippen LogP contribution in [0.2, 0.25) is 0 Å². The fraction of sp³-hybridized carbons (Fsp3) is 0.343. The highest BCUT2D eigenvalue weighted by molar-refractivity contribution is 5.78. The fourth-order valence-electron chi connectivity index (χ4n) is 6.03. The van der Waals surface area contributed by atoms with Crippen molar-refractivity contribution in [1.29, 1.82) is 0 Å². The van der Waals surface area contributed by atoms with Crippen LogP contribution in [0.1, 0.15) is 46.7 Å². The van der Waals surface area contributed by atoms with Crippen LogP contribution in [0, 0.1) is 0 Å². The van der Waals surface area contributed by atoms with Gasteiger partial charge in [0.15, 0.2) is 0 Å². The maximum absolute atomic E-state index is 13.8. The third-order valence-electron chi connectivity index (χ3n) is 8.32. The van der Waals surface area contributed by atoms with Crippen molar-refractivity contribution in [3.8, 4) is 17.2 Å². The van der Waals surface area contributed by atoms with Crippen LogP contribution in [-0.2, 0) is 24.2 Å². The van der Waals surface area contributed by atoms with E-state index in [-0.39, 0.29) is 17.9 Å². The Hall–Kier alpha value is -4.63. The number of nitrogen functional groups attached to an aromatic ring is 1. The predicted molar refractivity (Wildman–Crippen MR) is 169 cm³/mol. The van der Waals surface area contributed by atoms with Gasteiger partial charge >= 0.3 is 0 Å². The van der Waals surface area contributed by atoms with E-state index in [2.05, 4.69) is 39.1 Å². The minimum absolute atomic E-state index is 0.143. The van der Waals surface area contributed by atoms with Gasteiger partial charge in [-0.25, -0.2) is 9.97 Å². The first kappa shape index (κ1) is 29.4. The molecule has 7 rings (SSSR count). The van der Waals surface area contributed by atoms with Gasteiger partial charge in [0.05, 0.1) is 19.8 Å². The molecule has 0 saturated carbocycles. The normalized spacial score (nSPS) is 17.0. The highest BCUT2D eigenvalue weighted by atomic mass is 16.5. The number of nitrogens with zero attached hydrogens (tertiary/aromatic N) is 4. The predicted octanol–water partition coefficient (Wildman–Crippen LogP) is 4.84. The number of hydrogen-bond donors (Lipinski definition) is 1. The maximum atomic E-state index is 13.8. The van der Waals surface area contributed by atoms with Crippen molar-refractivity contribution >= 4 is 11.9 Å². The number of carbonyl (C=O) groups is 1. The number of nitrogens with two attached hydrogens (primary N) is 1. The van der Waals surface area contributed by atoms with Crippen LogP contribution >= 0.6 is 0 Å². The Morgan fingerprint density at radius 1 is 0.932 bits per heavy atom. The first-order valence-electron chi connectivity index (χ1n) is 15.3. The Morgan fingerprint density at radius 2 is 1.73 bits per heavy atom. The molecule has 4 aromatic rings. The molecule has 0 radical (unpaired) electrons. The van der Waals surface area contributed by atoms with Gasteiger partial charge in [0.25, 0.3) is 0 Å². The van der Waals surface area contributed by atoms with Crippen LogP contribution in [0.5, 0.6) is 17.2 Å². The molecular formula is C35H39N5O4. The zero-order chi connectivity index (χ0) is 30.3. The van der Waals surface area contributed by atoms with Gasteiger partial charge in [0.2, 0.25) is 11.9 Å². The zero-order valence-corrected chi connectivity index (χ0v) is 25.2. The molecule has 3 aliphatic rings. The summed E-state index contributed by atoms with van der Waals surface area (Å²) in [5.41, 5.74) is 11.2. The topological polar surface area (TPSA) is 103 Å². The van der Waals surface area contributed by atoms with E-state index in [1.165, 1.54) is 5.56 Å². The molecular weight excluding hydrogens is 554 g/mol. The van der Waals surface area contributed by atoms with Crippen LogP contribution in [-0.4, -0.2) is 65.6 Å². The lowest BCUT2D eigenvalue weighted by Crippen LogP contribution is -2.40. The van der Waals surface area contributed by atoms with Crippen molar-refractivity contribution in [3.63, 3.8) is 0 Å². The molecule has 44 heavy (non-hydrogen) atoms. The van der Waals surface area contributed by atoms with Gasteiger partial charge in [-0.05, 0) is 77.9 Å². The average molecular weight is 594 g/mol. The number of amides is 1. The second-order valence-corrected chi connectivity index (χ2v) is 11.3. The Balaban J connectivity index is 1.23. The lowest BCUT2D eigenvalue weighted by Gasteiger charge is -2.38. The minimum Gasteiger partial charge on any atom is -0.497 e. The molecule has 9 heteroatoms. The van der Waals surface area contributed by atoms with E-state index in [4.69, 9.17) is 19.9 Å². The molecule has 3 aromatic carbocycles. The van der Waals surface area contributed by atoms with E-state index in [1.807, 2.05) is 47.4 Å². The van der Waals surface area contributed by atoms with Crippen LogP contribution in [0.15, 0.2) is 79.1 Å². The van der Waals surface area contributed by atoms with Gasteiger partial charge in [-0.1, -0.05) is 30.3 Å². The number of aromatic nitrogens is 2. The number of aryl methyl sites for hydroxylation is 1. The molecule has 0 spiro atoms. The molecule has 0 aliphatic carbocycles. The summed E-state index contributed by atoms with van der Waals surface area (Å²) in [7, 11) is 1.66. The number of methoxy groups -OCH3 is 1. The molecule has 2 N–H and O–H groups in total. The molecule has 1 aromatic heterocycles. The second-order valence-electron chi connectivity index (χ2n) is 11.3. The number of benzene rings is 3. The Kier molecular flexibility index (Phi) is 9.22. The molecule has 0 fully saturated rings. The first-order chi connectivity index (χ1) is 21.6. The highest BCUT2D eigenvalue weighted by Crippen LogP contribution is 2.38. The number of rotatable bonds is 6. The smallest absolute Gasteiger partial charge is 0.223 e. The van der Waals surface area contributed by atoms with Crippen LogP contribution in [0.25, 0.3) is 0 Å². The Labute approximate surface area is 258 Å². The third kappa shape index (κ3) is 7.11. The number of hydrogen-bond acceptors (Lipinski definition) is 8. The summed E-state index contributed by atoms with van der Waals surface area (Å²) < 4.78 is 17.8. The summed E-state index contributed by atoms with van der Waals surface area (Å²) in [5.74, 6) is 2.89. The lowest BCUT2D eigenvalue weighted by molar-refractivity contribution is -0.133. The number of anilines is 1. The summed E-state index contributed by atoms with van der Waals surface area (Å²) >= 11 is 0. The SMILES string of the molecule is COc1ccc(CCC(=O)N2CCc3cc4ccc3C2c2cccc(c2)OCCCN(Cc2cnc(N)nc2)CCO4)cc1. The monoisotopic (exact) mass is 593 g/mol. The summed E-state index contributed by atoms with van der Waals surface area (Å²) in [5, 5.41) is 0. The number of fused-ring (bicyclic) bond motifs is 8. The third-order valence-corrected chi connectivity index (χ3v) is 8.32. The molecule has 4 heterocycles. The van der Waals surface area contributed by atoms with Gasteiger partial charge in [-0.15, -0.1) is 0 Å². The van der Waals surface area contributed by atoms with E-state index in [9.17, 15) is 4.79 Å². The van der Waals surface area contributed by atoms with E-state index in [0.717, 1.165) is 65.4 Å². The number of ether oxygens (including phenoxy) is 3. The van der Waals surface area contributed by atoms with Gasteiger partial charge < -0.3 is 24.8 Å². The molecule has 0 saturated heterocycles. The Bertz CT molecular complexity index is 1560. The van der Waals surface area contributed by atoms with E-state index >= 15 is 0 Å². The highest BCUT2D eigenvalue weighted by Gasteiger charge is 2.32. The van der Waals surface area contributed by atoms with Crippen molar-refractivity contribution in [2.24, 2.45) is 0 Å². The van der Waals surface area contributed by atoms with Crippen molar-refractivity contribution in [2.75, 3.05) is 45.7 Å². The van der Waals surface area contributed by atoms with Crippen molar-refractivity contribution in [3.05, 3.63) is 107 Å². The van der Waals surface area contributed by atoms with E-state index < -0.39 is 0 Å². The lowest BCUT2D eigenvalue weighted by atomic mass is 9.87. The summed E-state index contributed by atoms with van der Waals surface area (Å²) in [4.78, 5) is 26.4. The summed E-state index contributed by atoms with van der Waals surface area (Å²) in [6.45, 7) is 4.05. The first-order valence-corrected chi connectivity index (χ1v) is 15.3. The average Bonchev–Trinajstić information content (AvgIpc) is 3.05. The fourth-order valence-corrected chi connectivity index (χ4v) is 6.03. The molecule has 9 nitrogen and oxygen atoms in total.